The summed E-state index contributed by atoms with van der Waals surface area (Å²) in [6, 6.07) is 14.1. The summed E-state index contributed by atoms with van der Waals surface area (Å²) < 4.78 is 0. The highest BCUT2D eigenvalue weighted by Crippen LogP contribution is 2.40. The smallest absolute Gasteiger partial charge is 0.250 e. The minimum Gasteiger partial charge on any atom is -0.345 e. The van der Waals surface area contributed by atoms with Gasteiger partial charge in [-0.15, -0.1) is 0 Å². The van der Waals surface area contributed by atoms with Crippen LogP contribution >= 0.6 is 0 Å². The molecule has 3 aromatic rings. The molecule has 0 unspecified atom stereocenters. The van der Waals surface area contributed by atoms with Gasteiger partial charge in [-0.2, -0.15) is 5.26 Å². The molecule has 0 bridgehead atoms. The van der Waals surface area contributed by atoms with Crippen LogP contribution in [0.3, 0.4) is 0 Å². The van der Waals surface area contributed by atoms with E-state index in [1.165, 1.54) is 5.56 Å². The second kappa shape index (κ2) is 7.10. The lowest BCUT2D eigenvalue weighted by Crippen LogP contribution is -2.43. The number of carbonyl (C=O) groups is 1. The van der Waals surface area contributed by atoms with Crippen LogP contribution in [-0.4, -0.2) is 39.9 Å². The van der Waals surface area contributed by atoms with Crippen LogP contribution in [0.25, 0.3) is 22.5 Å². The highest BCUT2D eigenvalue weighted by Gasteiger charge is 2.37. The maximum absolute atomic E-state index is 13.3. The predicted molar refractivity (Wildman–Crippen MR) is 111 cm³/mol. The summed E-state index contributed by atoms with van der Waals surface area (Å²) >= 11 is 0. The van der Waals surface area contributed by atoms with Gasteiger partial charge in [0.1, 0.15) is 11.9 Å². The van der Waals surface area contributed by atoms with E-state index in [-0.39, 0.29) is 11.9 Å². The van der Waals surface area contributed by atoms with Crippen LogP contribution in [0.5, 0.6) is 0 Å². The van der Waals surface area contributed by atoms with Crippen molar-refractivity contribution in [2.45, 2.75) is 25.3 Å². The largest absolute Gasteiger partial charge is 0.345 e. The minimum atomic E-state index is -0.349. The van der Waals surface area contributed by atoms with E-state index >= 15 is 0 Å². The van der Waals surface area contributed by atoms with Crippen molar-refractivity contribution in [3.63, 3.8) is 0 Å². The maximum atomic E-state index is 13.3. The van der Waals surface area contributed by atoms with Gasteiger partial charge >= 0.3 is 0 Å². The lowest BCUT2D eigenvalue weighted by atomic mass is 9.95. The van der Waals surface area contributed by atoms with E-state index < -0.39 is 0 Å². The van der Waals surface area contributed by atoms with Gasteiger partial charge in [-0.05, 0) is 48.1 Å². The number of H-pyrrole nitrogens is 1. The Bertz CT molecular complexity index is 1080. The first-order valence-corrected chi connectivity index (χ1v) is 9.96. The topological polar surface area (TPSA) is 76.0 Å². The van der Waals surface area contributed by atoms with E-state index in [0.717, 1.165) is 47.5 Å². The molecule has 1 saturated heterocycles. The Labute approximate surface area is 169 Å². The van der Waals surface area contributed by atoms with Gasteiger partial charge in [-0.3, -0.25) is 9.69 Å². The number of imidazole rings is 1. The number of aromatic amines is 1. The molecule has 144 valence electrons. The van der Waals surface area contributed by atoms with Crippen LogP contribution in [0.15, 0.2) is 54.9 Å². The van der Waals surface area contributed by atoms with E-state index in [2.05, 4.69) is 40.4 Å². The van der Waals surface area contributed by atoms with Gasteiger partial charge in [0, 0.05) is 36.7 Å². The van der Waals surface area contributed by atoms with Gasteiger partial charge in [0.25, 0.3) is 0 Å². The Balaban J connectivity index is 1.62. The third-order valence-corrected chi connectivity index (χ3v) is 5.89. The van der Waals surface area contributed by atoms with Gasteiger partial charge in [0.15, 0.2) is 6.19 Å². The SMILES string of the molecule is N#CN1CCC[C@H]1C(=O)N1CCc2c(-c3ccccc3)cc(-c3ncc[nH]3)cc21. The molecule has 5 rings (SSSR count). The normalized spacial score (nSPS) is 18.0. The van der Waals surface area contributed by atoms with E-state index in [1.807, 2.05) is 23.1 Å². The summed E-state index contributed by atoms with van der Waals surface area (Å²) in [6.45, 7) is 1.31. The average Bonchev–Trinajstić information content (AvgIpc) is 3.53. The molecule has 2 aliphatic rings. The molecule has 1 N–H and O–H groups in total. The number of aromatic nitrogens is 2. The van der Waals surface area contributed by atoms with Crippen molar-refractivity contribution in [1.82, 2.24) is 14.9 Å². The number of nitrogens with one attached hydrogen (secondary N) is 1. The Morgan fingerprint density at radius 2 is 2.03 bits per heavy atom. The van der Waals surface area contributed by atoms with Crippen molar-refractivity contribution in [3.8, 4) is 28.7 Å². The molecule has 0 aliphatic carbocycles. The molecule has 6 nitrogen and oxygen atoms in total. The van der Waals surface area contributed by atoms with Crippen molar-refractivity contribution in [3.05, 3.63) is 60.4 Å². The van der Waals surface area contributed by atoms with E-state index in [9.17, 15) is 10.1 Å². The number of nitrogens with zero attached hydrogens (tertiary/aromatic N) is 4. The average molecular weight is 383 g/mol. The van der Waals surface area contributed by atoms with Gasteiger partial charge in [0.2, 0.25) is 5.91 Å². The fourth-order valence-electron chi connectivity index (χ4n) is 4.49. The molecule has 1 aromatic heterocycles. The van der Waals surface area contributed by atoms with Crippen LogP contribution in [0, 0.1) is 11.5 Å². The van der Waals surface area contributed by atoms with E-state index in [4.69, 9.17) is 0 Å². The first-order valence-electron chi connectivity index (χ1n) is 9.96. The van der Waals surface area contributed by atoms with Gasteiger partial charge in [0.05, 0.1) is 0 Å². The van der Waals surface area contributed by atoms with Crippen molar-refractivity contribution in [1.29, 1.82) is 5.26 Å². The van der Waals surface area contributed by atoms with Crippen molar-refractivity contribution in [2.24, 2.45) is 0 Å². The van der Waals surface area contributed by atoms with Crippen molar-refractivity contribution >= 4 is 11.6 Å². The summed E-state index contributed by atoms with van der Waals surface area (Å²) in [5, 5.41) is 9.38. The molecule has 6 heteroatoms. The molecular weight excluding hydrogens is 362 g/mol. The molecule has 29 heavy (non-hydrogen) atoms. The van der Waals surface area contributed by atoms with Crippen molar-refractivity contribution in [2.75, 3.05) is 18.0 Å². The molecule has 2 aliphatic heterocycles. The molecule has 1 atom stereocenters. The number of hydrogen-bond donors (Lipinski definition) is 1. The zero-order chi connectivity index (χ0) is 19.8. The minimum absolute atomic E-state index is 0.0263. The summed E-state index contributed by atoms with van der Waals surface area (Å²) in [7, 11) is 0. The van der Waals surface area contributed by atoms with Crippen LogP contribution in [0.1, 0.15) is 18.4 Å². The first kappa shape index (κ1) is 17.5. The monoisotopic (exact) mass is 383 g/mol. The maximum Gasteiger partial charge on any atom is 0.250 e. The molecule has 0 radical (unpaired) electrons. The number of nitriles is 1. The fourth-order valence-corrected chi connectivity index (χ4v) is 4.49. The lowest BCUT2D eigenvalue weighted by Gasteiger charge is -2.25. The second-order valence-corrected chi connectivity index (χ2v) is 7.52. The number of fused-ring (bicyclic) bond motifs is 1. The number of likely N-dealkylation sites (tertiary alicyclic amines) is 1. The zero-order valence-corrected chi connectivity index (χ0v) is 16.0. The Morgan fingerprint density at radius 3 is 2.79 bits per heavy atom. The molecular formula is C23H21N5O. The quantitative estimate of drug-likeness (QED) is 0.702. The standard InChI is InChI=1S/C23H21N5O/c24-15-27-11-4-7-20(27)23(29)28-12-8-18-19(16-5-2-1-3-6-16)13-17(14-21(18)28)22-25-9-10-26-22/h1-3,5-6,9-10,13-14,20H,4,7-8,11-12H2,(H,25,26)/t20-/m0/s1. The van der Waals surface area contributed by atoms with Crippen molar-refractivity contribution < 1.29 is 4.79 Å². The third-order valence-electron chi connectivity index (χ3n) is 5.89. The molecule has 2 aromatic carbocycles. The Morgan fingerprint density at radius 1 is 1.17 bits per heavy atom. The molecule has 1 fully saturated rings. The summed E-state index contributed by atoms with van der Waals surface area (Å²) in [6.07, 6.45) is 8.15. The third kappa shape index (κ3) is 2.95. The lowest BCUT2D eigenvalue weighted by molar-refractivity contribution is -0.121. The molecule has 1 amide bonds. The first-order chi connectivity index (χ1) is 14.3. The molecule has 0 spiro atoms. The summed E-state index contributed by atoms with van der Waals surface area (Å²) in [5.41, 5.74) is 5.34. The molecule has 0 saturated carbocycles. The van der Waals surface area contributed by atoms with Gasteiger partial charge in [-0.25, -0.2) is 4.98 Å². The van der Waals surface area contributed by atoms with Crippen LogP contribution in [0.2, 0.25) is 0 Å². The predicted octanol–water partition coefficient (Wildman–Crippen LogP) is 3.58. The molecule has 3 heterocycles. The highest BCUT2D eigenvalue weighted by atomic mass is 16.2. The number of amides is 1. The van der Waals surface area contributed by atoms with Gasteiger partial charge in [-0.1, -0.05) is 30.3 Å². The van der Waals surface area contributed by atoms with Crippen LogP contribution in [0.4, 0.5) is 5.69 Å². The number of anilines is 1. The number of hydrogen-bond acceptors (Lipinski definition) is 4. The number of rotatable bonds is 3. The second-order valence-electron chi connectivity index (χ2n) is 7.52. The summed E-state index contributed by atoms with van der Waals surface area (Å²) in [5.74, 6) is 0.808. The Hall–Kier alpha value is -3.59. The number of carbonyl (C=O) groups excluding carboxylic acids is 1. The Kier molecular flexibility index (Phi) is 4.28. The van der Waals surface area contributed by atoms with Crippen LogP contribution < -0.4 is 4.90 Å². The van der Waals surface area contributed by atoms with Gasteiger partial charge < -0.3 is 9.88 Å². The highest BCUT2D eigenvalue weighted by molar-refractivity contribution is 6.01. The fraction of sp³-hybridized carbons (Fsp3) is 0.261. The number of benzene rings is 2. The van der Waals surface area contributed by atoms with E-state index in [0.29, 0.717) is 13.1 Å². The summed E-state index contributed by atoms with van der Waals surface area (Å²) in [4.78, 5) is 24.4. The van der Waals surface area contributed by atoms with Crippen LogP contribution in [-0.2, 0) is 11.2 Å². The van der Waals surface area contributed by atoms with E-state index in [1.54, 1.807) is 17.3 Å². The zero-order valence-electron chi connectivity index (χ0n) is 16.0.